The van der Waals surface area contributed by atoms with Gasteiger partial charge in [0.1, 0.15) is 11.6 Å². The van der Waals surface area contributed by atoms with Gasteiger partial charge in [-0.1, -0.05) is 6.07 Å². The summed E-state index contributed by atoms with van der Waals surface area (Å²) in [5.41, 5.74) is 0.493. The standard InChI is InChI=1S/C15H23FN2O3/c1-10(13-6-5-12(21-4)9-14(13)16)18-11(2)15(19)17-7-8-20-3/h5-6,9-11,18H,7-8H2,1-4H3,(H,17,19). The Kier molecular flexibility index (Phi) is 7.11. The fourth-order valence-electron chi connectivity index (χ4n) is 1.96. The summed E-state index contributed by atoms with van der Waals surface area (Å²) in [5, 5.41) is 5.80. The average molecular weight is 298 g/mol. The Hall–Kier alpha value is -1.66. The van der Waals surface area contributed by atoms with Gasteiger partial charge in [0.15, 0.2) is 0 Å². The molecular formula is C15H23FN2O3. The quantitative estimate of drug-likeness (QED) is 0.716. The summed E-state index contributed by atoms with van der Waals surface area (Å²) in [5.74, 6) is -0.0389. The van der Waals surface area contributed by atoms with Gasteiger partial charge in [-0.2, -0.15) is 0 Å². The second-order valence-electron chi connectivity index (χ2n) is 4.78. The molecule has 118 valence electrons. The van der Waals surface area contributed by atoms with Crippen LogP contribution in [0.1, 0.15) is 25.5 Å². The van der Waals surface area contributed by atoms with Crippen LogP contribution in [0.3, 0.4) is 0 Å². The van der Waals surface area contributed by atoms with Crippen LogP contribution in [0.15, 0.2) is 18.2 Å². The van der Waals surface area contributed by atoms with Crippen LogP contribution in [0.25, 0.3) is 0 Å². The zero-order valence-electron chi connectivity index (χ0n) is 12.9. The molecule has 0 aliphatic heterocycles. The summed E-state index contributed by atoms with van der Waals surface area (Å²) in [6.07, 6.45) is 0. The van der Waals surface area contributed by atoms with E-state index in [4.69, 9.17) is 9.47 Å². The maximum absolute atomic E-state index is 14.0. The topological polar surface area (TPSA) is 59.6 Å². The lowest BCUT2D eigenvalue weighted by Crippen LogP contribution is -2.44. The Morgan fingerprint density at radius 1 is 1.33 bits per heavy atom. The first-order valence-corrected chi connectivity index (χ1v) is 6.85. The van der Waals surface area contributed by atoms with Crippen LogP contribution in [0, 0.1) is 5.82 Å². The summed E-state index contributed by atoms with van der Waals surface area (Å²) < 4.78 is 23.8. The van der Waals surface area contributed by atoms with Gasteiger partial charge >= 0.3 is 0 Å². The molecule has 1 aromatic carbocycles. The highest BCUT2D eigenvalue weighted by Crippen LogP contribution is 2.21. The molecule has 2 atom stereocenters. The molecule has 1 aromatic rings. The van der Waals surface area contributed by atoms with Gasteiger partial charge in [-0.05, 0) is 19.9 Å². The number of amides is 1. The number of rotatable bonds is 8. The largest absolute Gasteiger partial charge is 0.497 e. The van der Waals surface area contributed by atoms with Crippen LogP contribution in [0.5, 0.6) is 5.75 Å². The Labute approximate surface area is 124 Å². The number of methoxy groups -OCH3 is 2. The predicted octanol–water partition coefficient (Wildman–Crippen LogP) is 1.64. The van der Waals surface area contributed by atoms with Gasteiger partial charge < -0.3 is 14.8 Å². The van der Waals surface area contributed by atoms with Crippen molar-refractivity contribution >= 4 is 5.91 Å². The minimum absolute atomic E-state index is 0.146. The first-order chi connectivity index (χ1) is 9.99. The van der Waals surface area contributed by atoms with Gasteiger partial charge in [0, 0.05) is 31.3 Å². The van der Waals surface area contributed by atoms with Crippen molar-refractivity contribution in [2.45, 2.75) is 25.9 Å². The third kappa shape index (κ3) is 5.32. The first kappa shape index (κ1) is 17.4. The van der Waals surface area contributed by atoms with Crippen LogP contribution in [-0.4, -0.2) is 39.3 Å². The lowest BCUT2D eigenvalue weighted by atomic mass is 10.1. The maximum Gasteiger partial charge on any atom is 0.236 e. The van der Waals surface area contributed by atoms with E-state index < -0.39 is 6.04 Å². The minimum Gasteiger partial charge on any atom is -0.497 e. The van der Waals surface area contributed by atoms with E-state index in [1.807, 2.05) is 6.92 Å². The molecule has 21 heavy (non-hydrogen) atoms. The lowest BCUT2D eigenvalue weighted by Gasteiger charge is -2.20. The van der Waals surface area contributed by atoms with E-state index in [0.717, 1.165) is 0 Å². The van der Waals surface area contributed by atoms with E-state index in [0.29, 0.717) is 24.5 Å². The number of hydrogen-bond acceptors (Lipinski definition) is 4. The minimum atomic E-state index is -0.432. The molecule has 6 heteroatoms. The molecule has 0 heterocycles. The Bertz CT molecular complexity index is 468. The Morgan fingerprint density at radius 2 is 2.05 bits per heavy atom. The SMILES string of the molecule is COCCNC(=O)C(C)NC(C)c1ccc(OC)cc1F. The Morgan fingerprint density at radius 3 is 2.62 bits per heavy atom. The molecule has 2 unspecified atom stereocenters. The van der Waals surface area contributed by atoms with Crippen molar-refractivity contribution in [1.82, 2.24) is 10.6 Å². The number of halogens is 1. The molecule has 0 fully saturated rings. The fourth-order valence-corrected chi connectivity index (χ4v) is 1.96. The molecule has 5 nitrogen and oxygen atoms in total. The van der Waals surface area contributed by atoms with Gasteiger partial charge in [0.25, 0.3) is 0 Å². The monoisotopic (exact) mass is 298 g/mol. The number of benzene rings is 1. The smallest absolute Gasteiger partial charge is 0.236 e. The van der Waals surface area contributed by atoms with E-state index >= 15 is 0 Å². The fraction of sp³-hybridized carbons (Fsp3) is 0.533. The number of carbonyl (C=O) groups excluding carboxylic acids is 1. The highest BCUT2D eigenvalue weighted by Gasteiger charge is 2.18. The molecule has 1 rings (SSSR count). The molecule has 0 spiro atoms. The van der Waals surface area contributed by atoms with Gasteiger partial charge in [-0.15, -0.1) is 0 Å². The zero-order chi connectivity index (χ0) is 15.8. The summed E-state index contributed by atoms with van der Waals surface area (Å²) in [7, 11) is 3.06. The van der Waals surface area contributed by atoms with E-state index in [1.54, 1.807) is 26.2 Å². The third-order valence-electron chi connectivity index (χ3n) is 3.17. The first-order valence-electron chi connectivity index (χ1n) is 6.85. The molecule has 2 N–H and O–H groups in total. The van der Waals surface area contributed by atoms with E-state index in [1.165, 1.54) is 13.2 Å². The number of nitrogens with one attached hydrogen (secondary N) is 2. The molecule has 0 aliphatic carbocycles. The van der Waals surface area contributed by atoms with Gasteiger partial charge in [0.05, 0.1) is 19.8 Å². The van der Waals surface area contributed by atoms with Crippen LogP contribution in [0.4, 0.5) is 4.39 Å². The number of ether oxygens (including phenoxy) is 2. The second kappa shape index (κ2) is 8.59. The van der Waals surface area contributed by atoms with Crippen LogP contribution >= 0.6 is 0 Å². The number of carbonyl (C=O) groups is 1. The second-order valence-corrected chi connectivity index (χ2v) is 4.78. The van der Waals surface area contributed by atoms with Crippen LogP contribution < -0.4 is 15.4 Å². The molecule has 0 aliphatic rings. The van der Waals surface area contributed by atoms with Crippen molar-refractivity contribution < 1.29 is 18.7 Å². The maximum atomic E-state index is 14.0. The molecular weight excluding hydrogens is 275 g/mol. The van der Waals surface area contributed by atoms with Crippen molar-refractivity contribution in [2.24, 2.45) is 0 Å². The normalized spacial score (nSPS) is 13.6. The predicted molar refractivity (Wildman–Crippen MR) is 78.9 cm³/mol. The lowest BCUT2D eigenvalue weighted by molar-refractivity contribution is -0.123. The third-order valence-corrected chi connectivity index (χ3v) is 3.17. The molecule has 0 saturated heterocycles. The highest BCUT2D eigenvalue weighted by molar-refractivity contribution is 5.81. The molecule has 0 saturated carbocycles. The van der Waals surface area contributed by atoms with Crippen LogP contribution in [-0.2, 0) is 9.53 Å². The van der Waals surface area contributed by atoms with Crippen molar-refractivity contribution in [3.63, 3.8) is 0 Å². The molecule has 1 amide bonds. The summed E-state index contributed by atoms with van der Waals surface area (Å²) in [4.78, 5) is 11.8. The van der Waals surface area contributed by atoms with Crippen molar-refractivity contribution in [3.8, 4) is 5.75 Å². The van der Waals surface area contributed by atoms with E-state index in [-0.39, 0.29) is 17.8 Å². The van der Waals surface area contributed by atoms with Gasteiger partial charge in [-0.3, -0.25) is 10.1 Å². The van der Waals surface area contributed by atoms with Crippen molar-refractivity contribution in [2.75, 3.05) is 27.4 Å². The van der Waals surface area contributed by atoms with E-state index in [9.17, 15) is 9.18 Å². The van der Waals surface area contributed by atoms with Crippen molar-refractivity contribution in [1.29, 1.82) is 0 Å². The zero-order valence-corrected chi connectivity index (χ0v) is 12.9. The number of hydrogen-bond donors (Lipinski definition) is 2. The van der Waals surface area contributed by atoms with Gasteiger partial charge in [-0.25, -0.2) is 4.39 Å². The molecule has 0 bridgehead atoms. The average Bonchev–Trinajstić information content (AvgIpc) is 2.46. The Balaban J connectivity index is 2.59. The van der Waals surface area contributed by atoms with E-state index in [2.05, 4.69) is 10.6 Å². The summed E-state index contributed by atoms with van der Waals surface area (Å²) in [6.45, 7) is 4.46. The van der Waals surface area contributed by atoms with Crippen molar-refractivity contribution in [3.05, 3.63) is 29.6 Å². The van der Waals surface area contributed by atoms with Crippen LogP contribution in [0.2, 0.25) is 0 Å². The molecule has 0 radical (unpaired) electrons. The highest BCUT2D eigenvalue weighted by atomic mass is 19.1. The molecule has 0 aromatic heterocycles. The van der Waals surface area contributed by atoms with Gasteiger partial charge in [0.2, 0.25) is 5.91 Å². The summed E-state index contributed by atoms with van der Waals surface area (Å²) >= 11 is 0. The summed E-state index contributed by atoms with van der Waals surface area (Å²) in [6, 6.07) is 3.95.